The summed E-state index contributed by atoms with van der Waals surface area (Å²) < 4.78 is 77.3. The van der Waals surface area contributed by atoms with Gasteiger partial charge in [0.25, 0.3) is 0 Å². The van der Waals surface area contributed by atoms with Crippen molar-refractivity contribution in [3.05, 3.63) is 0 Å². The van der Waals surface area contributed by atoms with Crippen LogP contribution in [0.4, 0.5) is 0 Å². The molecule has 3 saturated heterocycles. The van der Waals surface area contributed by atoms with Gasteiger partial charge >= 0.3 is 53.7 Å². The molecule has 0 saturated carbocycles. The second kappa shape index (κ2) is 22.7. The summed E-state index contributed by atoms with van der Waals surface area (Å²) >= 11 is 0. The Morgan fingerprint density at radius 1 is 0.361 bits per heavy atom. The Balaban J connectivity index is 2.07. The molecular formula is C36H50O25. The van der Waals surface area contributed by atoms with Crippen molar-refractivity contribution in [2.45, 2.75) is 154 Å². The van der Waals surface area contributed by atoms with E-state index < -0.39 is 166 Å². The number of rotatable bonds is 16. The van der Waals surface area contributed by atoms with Gasteiger partial charge in [-0.1, -0.05) is 0 Å². The van der Waals surface area contributed by atoms with Crippen LogP contribution in [0.15, 0.2) is 0 Å². The standard InChI is InChI=1S/C36H50O25/c1-13(37)48-10-23-27(52-15(3)39)30(55-18(6)42)32(57-20(8)44)36(60-23)50-12-24-28(53-16(4)40)31(56-19(7)43)33(58-21(9)45)35(61-24)49-11-22-26(51-14(2)38)25(46)29(34(47)59-22)54-17(5)41/h22-36,46-47H,10-12H2,1-9H3/t22-,23-,24-,25+,26-,27-,28-,29-,30+,31+,32-,33-,34?,35-,36-/m1/s1. The summed E-state index contributed by atoms with van der Waals surface area (Å²) in [6.45, 7) is 6.86. The lowest BCUT2D eigenvalue weighted by molar-refractivity contribution is -0.343. The predicted molar refractivity (Wildman–Crippen MR) is 187 cm³/mol. The van der Waals surface area contributed by atoms with Crippen molar-refractivity contribution in [3.8, 4) is 0 Å². The van der Waals surface area contributed by atoms with E-state index in [1.165, 1.54) is 0 Å². The van der Waals surface area contributed by atoms with Crippen LogP contribution < -0.4 is 0 Å². The SMILES string of the molecule is CC(=O)OC[C@H]1O[C@@H](OC[C@H]2O[C@@H](OC[C@H]3OC(O)[C@H](OC(C)=O)[C@@H](O)[C@@H]3OC(C)=O)[C@H](OC(C)=O)[C@@H](OC(C)=O)[C@@H]2OC(C)=O)[C@H](OC(C)=O)[C@@H](OC(C)=O)[C@@H]1OC(C)=O. The van der Waals surface area contributed by atoms with Crippen LogP contribution in [0.25, 0.3) is 0 Å². The first-order valence-corrected chi connectivity index (χ1v) is 18.6. The fourth-order valence-corrected chi connectivity index (χ4v) is 6.53. The molecule has 3 aliphatic heterocycles. The van der Waals surface area contributed by atoms with E-state index >= 15 is 0 Å². The molecule has 25 nitrogen and oxygen atoms in total. The highest BCUT2D eigenvalue weighted by molar-refractivity contribution is 5.70. The maximum Gasteiger partial charge on any atom is 0.303 e. The summed E-state index contributed by atoms with van der Waals surface area (Å²) in [4.78, 5) is 110. The van der Waals surface area contributed by atoms with Crippen molar-refractivity contribution >= 4 is 53.7 Å². The largest absolute Gasteiger partial charge is 0.463 e. The van der Waals surface area contributed by atoms with Gasteiger partial charge in [-0.05, 0) is 0 Å². The van der Waals surface area contributed by atoms with Crippen molar-refractivity contribution < 1.29 is 120 Å². The molecule has 344 valence electrons. The van der Waals surface area contributed by atoms with E-state index in [0.717, 1.165) is 62.3 Å². The summed E-state index contributed by atoms with van der Waals surface area (Å²) in [5.41, 5.74) is 0. The lowest BCUT2D eigenvalue weighted by Gasteiger charge is -2.46. The fourth-order valence-electron chi connectivity index (χ4n) is 6.53. The average molecular weight is 883 g/mol. The Bertz CT molecular complexity index is 1610. The zero-order chi connectivity index (χ0) is 45.9. The molecule has 15 atom stereocenters. The monoisotopic (exact) mass is 882 g/mol. The molecule has 61 heavy (non-hydrogen) atoms. The Morgan fingerprint density at radius 2 is 0.656 bits per heavy atom. The van der Waals surface area contributed by atoms with Gasteiger partial charge in [0.1, 0.15) is 31.0 Å². The number of aliphatic hydroxyl groups excluding tert-OH is 2. The first-order valence-electron chi connectivity index (χ1n) is 18.6. The van der Waals surface area contributed by atoms with Crippen molar-refractivity contribution in [3.63, 3.8) is 0 Å². The van der Waals surface area contributed by atoms with E-state index in [0.29, 0.717) is 0 Å². The average Bonchev–Trinajstić information content (AvgIpc) is 3.11. The highest BCUT2D eigenvalue weighted by Gasteiger charge is 2.56. The van der Waals surface area contributed by atoms with Crippen LogP contribution in [0.1, 0.15) is 62.3 Å². The van der Waals surface area contributed by atoms with Crippen LogP contribution in [0.2, 0.25) is 0 Å². The minimum Gasteiger partial charge on any atom is -0.463 e. The van der Waals surface area contributed by atoms with E-state index in [1.807, 2.05) is 0 Å². The van der Waals surface area contributed by atoms with Crippen LogP contribution in [-0.2, 0) is 109 Å². The second-order valence-corrected chi connectivity index (χ2v) is 13.7. The van der Waals surface area contributed by atoms with Crippen LogP contribution in [0, 0.1) is 0 Å². The van der Waals surface area contributed by atoms with Crippen molar-refractivity contribution in [1.29, 1.82) is 0 Å². The van der Waals surface area contributed by atoms with Crippen LogP contribution in [0.5, 0.6) is 0 Å². The summed E-state index contributed by atoms with van der Waals surface area (Å²) in [5, 5.41) is 21.6. The first kappa shape index (κ1) is 50.3. The van der Waals surface area contributed by atoms with Crippen LogP contribution in [-0.4, -0.2) is 176 Å². The Morgan fingerprint density at radius 3 is 1.02 bits per heavy atom. The number of carbonyl (C=O) groups excluding carboxylic acids is 9. The van der Waals surface area contributed by atoms with Crippen molar-refractivity contribution in [2.24, 2.45) is 0 Å². The Hall–Kier alpha value is -5.05. The molecule has 2 N–H and O–H groups in total. The lowest BCUT2D eigenvalue weighted by atomic mass is 9.97. The molecule has 0 radical (unpaired) electrons. The molecule has 0 bridgehead atoms. The van der Waals surface area contributed by atoms with Crippen molar-refractivity contribution in [1.82, 2.24) is 0 Å². The molecule has 3 fully saturated rings. The van der Waals surface area contributed by atoms with Gasteiger partial charge in [0.15, 0.2) is 67.7 Å². The number of aliphatic hydroxyl groups is 2. The smallest absolute Gasteiger partial charge is 0.303 e. The van der Waals surface area contributed by atoms with Gasteiger partial charge in [-0.2, -0.15) is 0 Å². The van der Waals surface area contributed by atoms with E-state index in [-0.39, 0.29) is 0 Å². The molecule has 0 spiro atoms. The molecule has 1 unspecified atom stereocenters. The Labute approximate surface area is 347 Å². The highest BCUT2D eigenvalue weighted by Crippen LogP contribution is 2.34. The normalized spacial score (nSPS) is 33.4. The first-order chi connectivity index (χ1) is 28.5. The van der Waals surface area contributed by atoms with Crippen LogP contribution in [0.3, 0.4) is 0 Å². The third-order valence-corrected chi connectivity index (χ3v) is 8.53. The molecular weight excluding hydrogens is 832 g/mol. The molecule has 3 aliphatic rings. The second-order valence-electron chi connectivity index (χ2n) is 13.7. The van der Waals surface area contributed by atoms with Gasteiger partial charge < -0.3 is 76.5 Å². The molecule has 0 aromatic carbocycles. The molecule has 0 amide bonds. The van der Waals surface area contributed by atoms with Gasteiger partial charge in [0.05, 0.1) is 13.2 Å². The summed E-state index contributed by atoms with van der Waals surface area (Å²) in [6, 6.07) is 0. The molecule has 3 rings (SSSR count). The van der Waals surface area contributed by atoms with Gasteiger partial charge in [-0.15, -0.1) is 0 Å². The Kier molecular flexibility index (Phi) is 18.7. The number of hydrogen-bond donors (Lipinski definition) is 2. The molecule has 0 aromatic rings. The summed E-state index contributed by atoms with van der Waals surface area (Å²) in [6.07, 6.45) is -25.5. The molecule has 0 aliphatic carbocycles. The van der Waals surface area contributed by atoms with Gasteiger partial charge in [-0.25, -0.2) is 0 Å². The van der Waals surface area contributed by atoms with E-state index in [9.17, 15) is 53.4 Å². The minimum atomic E-state index is -1.99. The minimum absolute atomic E-state index is 0.606. The molecule has 25 heteroatoms. The number of esters is 9. The summed E-state index contributed by atoms with van der Waals surface area (Å²) in [5.74, 6) is -8.33. The van der Waals surface area contributed by atoms with E-state index in [2.05, 4.69) is 0 Å². The number of carbonyl (C=O) groups is 9. The van der Waals surface area contributed by atoms with Gasteiger partial charge in [0.2, 0.25) is 0 Å². The third kappa shape index (κ3) is 14.8. The zero-order valence-corrected chi connectivity index (χ0v) is 34.6. The lowest BCUT2D eigenvalue weighted by Crippen LogP contribution is -2.65. The van der Waals surface area contributed by atoms with E-state index in [1.54, 1.807) is 0 Å². The maximum atomic E-state index is 12.5. The van der Waals surface area contributed by atoms with Crippen LogP contribution >= 0.6 is 0 Å². The van der Waals surface area contributed by atoms with E-state index in [4.69, 9.17) is 66.3 Å². The third-order valence-electron chi connectivity index (χ3n) is 8.53. The zero-order valence-electron chi connectivity index (χ0n) is 34.6. The maximum absolute atomic E-state index is 12.5. The van der Waals surface area contributed by atoms with Crippen molar-refractivity contribution in [2.75, 3.05) is 19.8 Å². The predicted octanol–water partition coefficient (Wildman–Crippen LogP) is -2.44. The summed E-state index contributed by atoms with van der Waals surface area (Å²) in [7, 11) is 0. The fraction of sp³-hybridized carbons (Fsp3) is 0.750. The van der Waals surface area contributed by atoms with Gasteiger partial charge in [0, 0.05) is 62.3 Å². The van der Waals surface area contributed by atoms with Gasteiger partial charge in [-0.3, -0.25) is 43.2 Å². The molecule has 3 heterocycles. The highest BCUT2D eigenvalue weighted by atomic mass is 16.8. The topological polar surface area (TPSA) is 323 Å². The molecule has 0 aromatic heterocycles. The quantitative estimate of drug-likeness (QED) is 0.120. The number of hydrogen-bond acceptors (Lipinski definition) is 25. The number of ether oxygens (including phenoxy) is 14.